The highest BCUT2D eigenvalue weighted by Gasteiger charge is 2.23. The van der Waals surface area contributed by atoms with Crippen molar-refractivity contribution in [2.45, 2.75) is 25.8 Å². The van der Waals surface area contributed by atoms with E-state index in [1.807, 2.05) is 24.1 Å². The number of thiophene rings is 1. The maximum Gasteiger partial charge on any atom is 0.239 e. The van der Waals surface area contributed by atoms with E-state index < -0.39 is 0 Å². The topological polar surface area (TPSA) is 65.4 Å². The van der Waals surface area contributed by atoms with Gasteiger partial charge in [-0.2, -0.15) is 5.26 Å². The molecule has 0 bridgehead atoms. The number of likely N-dealkylation sites (N-methyl/N-ethyl adjacent to an activating group) is 1. The van der Waals surface area contributed by atoms with Gasteiger partial charge in [-0.05, 0) is 50.1 Å². The number of amides is 1. The number of rotatable bonds is 6. The summed E-state index contributed by atoms with van der Waals surface area (Å²) in [5.41, 5.74) is 2.67. The Morgan fingerprint density at radius 1 is 1.46 bits per heavy atom. The van der Waals surface area contributed by atoms with Crippen LogP contribution in [0, 0.1) is 11.3 Å². The van der Waals surface area contributed by atoms with E-state index in [2.05, 4.69) is 11.4 Å². The summed E-state index contributed by atoms with van der Waals surface area (Å²) in [4.78, 5) is 15.5. The van der Waals surface area contributed by atoms with Crippen LogP contribution in [0.2, 0.25) is 5.02 Å². The molecule has 136 valence electrons. The SMILES string of the molecule is COc1ccc(Cl)cc1CN(C)CC(=O)Nc1sc2c(c1C#N)CCC2. The van der Waals surface area contributed by atoms with Gasteiger partial charge in [0.2, 0.25) is 5.91 Å². The summed E-state index contributed by atoms with van der Waals surface area (Å²) < 4.78 is 5.35. The molecule has 1 heterocycles. The van der Waals surface area contributed by atoms with Crippen molar-refractivity contribution in [3.63, 3.8) is 0 Å². The molecule has 3 rings (SSSR count). The van der Waals surface area contributed by atoms with Gasteiger partial charge in [-0.15, -0.1) is 11.3 Å². The first-order valence-corrected chi connectivity index (χ1v) is 9.56. The summed E-state index contributed by atoms with van der Waals surface area (Å²) in [6.07, 6.45) is 3.02. The highest BCUT2D eigenvalue weighted by molar-refractivity contribution is 7.16. The Kier molecular flexibility index (Phi) is 5.82. The van der Waals surface area contributed by atoms with Gasteiger partial charge >= 0.3 is 0 Å². The molecular weight excluding hydrogens is 370 g/mol. The summed E-state index contributed by atoms with van der Waals surface area (Å²) in [6.45, 7) is 0.742. The van der Waals surface area contributed by atoms with E-state index in [1.54, 1.807) is 13.2 Å². The van der Waals surface area contributed by atoms with Crippen molar-refractivity contribution in [2.24, 2.45) is 0 Å². The second-order valence-corrected chi connectivity index (χ2v) is 7.89. The summed E-state index contributed by atoms with van der Waals surface area (Å²) in [5, 5.41) is 13.6. The van der Waals surface area contributed by atoms with Crippen molar-refractivity contribution in [2.75, 3.05) is 26.0 Å². The molecule has 1 aromatic heterocycles. The smallest absolute Gasteiger partial charge is 0.239 e. The zero-order chi connectivity index (χ0) is 18.7. The largest absolute Gasteiger partial charge is 0.496 e. The third-order valence-corrected chi connectivity index (χ3v) is 5.82. The fourth-order valence-electron chi connectivity index (χ4n) is 3.24. The lowest BCUT2D eigenvalue weighted by atomic mass is 10.1. The third kappa shape index (κ3) is 4.01. The number of benzene rings is 1. The van der Waals surface area contributed by atoms with E-state index in [0.717, 1.165) is 36.1 Å². The van der Waals surface area contributed by atoms with Crippen molar-refractivity contribution in [1.29, 1.82) is 5.26 Å². The molecule has 0 saturated heterocycles. The molecular formula is C19H20ClN3O2S. The number of nitriles is 1. The molecule has 0 saturated carbocycles. The highest BCUT2D eigenvalue weighted by atomic mass is 35.5. The Labute approximate surface area is 162 Å². The lowest BCUT2D eigenvalue weighted by molar-refractivity contribution is -0.117. The average Bonchev–Trinajstić information content (AvgIpc) is 3.15. The zero-order valence-corrected chi connectivity index (χ0v) is 16.3. The summed E-state index contributed by atoms with van der Waals surface area (Å²) >= 11 is 7.59. The molecule has 0 aliphatic heterocycles. The molecule has 1 aromatic carbocycles. The van der Waals surface area contributed by atoms with Crippen molar-refractivity contribution in [3.8, 4) is 11.8 Å². The Morgan fingerprint density at radius 3 is 3.00 bits per heavy atom. The fraction of sp³-hybridized carbons (Fsp3) is 0.368. The number of carbonyl (C=O) groups excluding carboxylic acids is 1. The number of methoxy groups -OCH3 is 1. The molecule has 5 nitrogen and oxygen atoms in total. The Morgan fingerprint density at radius 2 is 2.27 bits per heavy atom. The fourth-order valence-corrected chi connectivity index (χ4v) is 4.69. The number of carbonyl (C=O) groups is 1. The number of fused-ring (bicyclic) bond motifs is 1. The van der Waals surface area contributed by atoms with Crippen molar-refractivity contribution < 1.29 is 9.53 Å². The maximum absolute atomic E-state index is 12.4. The van der Waals surface area contributed by atoms with Crippen LogP contribution in [-0.2, 0) is 24.2 Å². The number of nitrogens with one attached hydrogen (secondary N) is 1. The summed E-state index contributed by atoms with van der Waals surface area (Å²) in [7, 11) is 3.47. The second-order valence-electron chi connectivity index (χ2n) is 6.35. The van der Waals surface area contributed by atoms with E-state index in [-0.39, 0.29) is 12.5 Å². The van der Waals surface area contributed by atoms with Gasteiger partial charge in [-0.1, -0.05) is 11.6 Å². The van der Waals surface area contributed by atoms with Gasteiger partial charge in [-0.3, -0.25) is 9.69 Å². The predicted octanol–water partition coefficient (Wildman–Crippen LogP) is 3.84. The lowest BCUT2D eigenvalue weighted by Crippen LogP contribution is -2.30. The number of hydrogen-bond acceptors (Lipinski definition) is 5. The van der Waals surface area contributed by atoms with E-state index >= 15 is 0 Å². The molecule has 0 spiro atoms. The van der Waals surface area contributed by atoms with Gasteiger partial charge < -0.3 is 10.1 Å². The molecule has 1 N–H and O–H groups in total. The Balaban J connectivity index is 1.64. The first kappa shape index (κ1) is 18.7. The van der Waals surface area contributed by atoms with Crippen LogP contribution < -0.4 is 10.1 Å². The van der Waals surface area contributed by atoms with Crippen LogP contribution in [0.3, 0.4) is 0 Å². The minimum atomic E-state index is -0.134. The summed E-state index contributed by atoms with van der Waals surface area (Å²) in [6, 6.07) is 7.68. The van der Waals surface area contributed by atoms with Crippen LogP contribution in [0.15, 0.2) is 18.2 Å². The third-order valence-electron chi connectivity index (χ3n) is 4.38. The van der Waals surface area contributed by atoms with E-state index in [4.69, 9.17) is 16.3 Å². The van der Waals surface area contributed by atoms with Crippen molar-refractivity contribution >= 4 is 33.8 Å². The number of anilines is 1. The molecule has 1 aliphatic rings. The standard InChI is InChI=1S/C19H20ClN3O2S/c1-23(10-12-8-13(20)6-7-16(12)25-2)11-18(24)22-19-15(9-21)14-4-3-5-17(14)26-19/h6-8H,3-5,10-11H2,1-2H3,(H,22,24). The molecule has 1 aliphatic carbocycles. The molecule has 0 atom stereocenters. The van der Waals surface area contributed by atoms with Crippen LogP contribution in [-0.4, -0.2) is 31.5 Å². The number of ether oxygens (including phenoxy) is 1. The Bertz CT molecular complexity index is 872. The molecule has 2 aromatic rings. The predicted molar refractivity (Wildman–Crippen MR) is 104 cm³/mol. The first-order valence-electron chi connectivity index (χ1n) is 8.37. The van der Waals surface area contributed by atoms with Gasteiger partial charge in [0.05, 0.1) is 19.2 Å². The van der Waals surface area contributed by atoms with Crippen LogP contribution >= 0.6 is 22.9 Å². The first-order chi connectivity index (χ1) is 12.5. The van der Waals surface area contributed by atoms with Crippen LogP contribution in [0.1, 0.15) is 28.0 Å². The van der Waals surface area contributed by atoms with Gasteiger partial charge in [-0.25, -0.2) is 0 Å². The normalized spacial score (nSPS) is 12.7. The van der Waals surface area contributed by atoms with Crippen LogP contribution in [0.4, 0.5) is 5.00 Å². The molecule has 1 amide bonds. The van der Waals surface area contributed by atoms with Gasteiger partial charge in [0, 0.05) is 22.0 Å². The maximum atomic E-state index is 12.4. The second kappa shape index (κ2) is 8.09. The van der Waals surface area contributed by atoms with Crippen LogP contribution in [0.5, 0.6) is 5.75 Å². The van der Waals surface area contributed by atoms with Crippen LogP contribution in [0.25, 0.3) is 0 Å². The number of halogens is 1. The number of hydrogen-bond donors (Lipinski definition) is 1. The summed E-state index contributed by atoms with van der Waals surface area (Å²) in [5.74, 6) is 0.605. The van der Waals surface area contributed by atoms with Gasteiger partial charge in [0.25, 0.3) is 0 Å². The van der Waals surface area contributed by atoms with E-state index in [9.17, 15) is 10.1 Å². The van der Waals surface area contributed by atoms with Crippen molar-refractivity contribution in [1.82, 2.24) is 4.90 Å². The average molecular weight is 390 g/mol. The van der Waals surface area contributed by atoms with Gasteiger partial charge in [0.15, 0.2) is 0 Å². The molecule has 26 heavy (non-hydrogen) atoms. The molecule has 0 unspecified atom stereocenters. The van der Waals surface area contributed by atoms with E-state index in [1.165, 1.54) is 16.2 Å². The molecule has 0 fully saturated rings. The molecule has 7 heteroatoms. The zero-order valence-electron chi connectivity index (χ0n) is 14.8. The monoisotopic (exact) mass is 389 g/mol. The molecule has 0 radical (unpaired) electrons. The number of aryl methyl sites for hydroxylation is 1. The van der Waals surface area contributed by atoms with Gasteiger partial charge in [0.1, 0.15) is 16.8 Å². The highest BCUT2D eigenvalue weighted by Crippen LogP contribution is 2.38. The minimum absolute atomic E-state index is 0.134. The lowest BCUT2D eigenvalue weighted by Gasteiger charge is -2.18. The minimum Gasteiger partial charge on any atom is -0.496 e. The van der Waals surface area contributed by atoms with Crippen molar-refractivity contribution in [3.05, 3.63) is 44.8 Å². The number of nitrogens with zero attached hydrogens (tertiary/aromatic N) is 2. The quantitative estimate of drug-likeness (QED) is 0.815. The van der Waals surface area contributed by atoms with E-state index in [0.29, 0.717) is 22.1 Å². The Hall–Kier alpha value is -2.07.